The van der Waals surface area contributed by atoms with Crippen LogP contribution in [0.15, 0.2) is 30.3 Å². The molecule has 1 N–H and O–H groups in total. The molecule has 0 aliphatic carbocycles. The predicted octanol–water partition coefficient (Wildman–Crippen LogP) is 3.85. The molecule has 6 nitrogen and oxygen atoms in total. The van der Waals surface area contributed by atoms with Gasteiger partial charge in [0.05, 0.1) is 7.11 Å². The zero-order valence-electron chi connectivity index (χ0n) is 15.7. The van der Waals surface area contributed by atoms with E-state index in [-0.39, 0.29) is 11.8 Å². The summed E-state index contributed by atoms with van der Waals surface area (Å²) in [5.41, 5.74) is 2.00. The highest BCUT2D eigenvalue weighted by Crippen LogP contribution is 2.21. The van der Waals surface area contributed by atoms with Crippen LogP contribution in [0.5, 0.6) is 5.75 Å². The van der Waals surface area contributed by atoms with Gasteiger partial charge >= 0.3 is 0 Å². The molecule has 0 spiro atoms. The number of methoxy groups -OCH3 is 1. The fraction of sp³-hybridized carbons (Fsp3) is 0.450. The van der Waals surface area contributed by atoms with Crippen molar-refractivity contribution in [1.29, 1.82) is 0 Å². The number of benzene rings is 1. The molecule has 0 radical (unpaired) electrons. The Labute approximate surface area is 154 Å². The van der Waals surface area contributed by atoms with Gasteiger partial charge in [-0.2, -0.15) is 0 Å². The molecule has 1 fully saturated rings. The van der Waals surface area contributed by atoms with Crippen LogP contribution in [-0.4, -0.2) is 36.1 Å². The van der Waals surface area contributed by atoms with Gasteiger partial charge in [-0.3, -0.25) is 4.79 Å². The van der Waals surface area contributed by atoms with Crippen LogP contribution in [-0.2, 0) is 0 Å². The molecule has 1 aliphatic heterocycles. The fourth-order valence-electron chi connectivity index (χ4n) is 2.97. The first kappa shape index (κ1) is 18.2. The lowest BCUT2D eigenvalue weighted by molar-refractivity contribution is 0.102. The maximum atomic E-state index is 12.7. The molecule has 1 amide bonds. The highest BCUT2D eigenvalue weighted by molar-refractivity contribution is 6.03. The monoisotopic (exact) mass is 354 g/mol. The molecule has 1 aromatic carbocycles. The minimum absolute atomic E-state index is 0.224. The molecule has 0 unspecified atom stereocenters. The van der Waals surface area contributed by atoms with Gasteiger partial charge in [0, 0.05) is 24.5 Å². The summed E-state index contributed by atoms with van der Waals surface area (Å²) in [5.74, 6) is 1.42. The van der Waals surface area contributed by atoms with Crippen molar-refractivity contribution < 1.29 is 9.53 Å². The van der Waals surface area contributed by atoms with Crippen molar-refractivity contribution in [2.75, 3.05) is 30.4 Å². The molecule has 0 bridgehead atoms. The summed E-state index contributed by atoms with van der Waals surface area (Å²) in [5, 5.41) is 2.90. The Morgan fingerprint density at radius 2 is 1.81 bits per heavy atom. The summed E-state index contributed by atoms with van der Waals surface area (Å²) in [6.07, 6.45) is 3.52. The smallest absolute Gasteiger partial charge is 0.274 e. The maximum absolute atomic E-state index is 12.7. The maximum Gasteiger partial charge on any atom is 0.274 e. The number of piperidine rings is 1. The summed E-state index contributed by atoms with van der Waals surface area (Å²) in [6.45, 7) is 6.04. The number of ether oxygens (including phenoxy) is 1. The third-order valence-corrected chi connectivity index (χ3v) is 4.55. The van der Waals surface area contributed by atoms with Crippen LogP contribution >= 0.6 is 0 Å². The van der Waals surface area contributed by atoms with Crippen LogP contribution in [0.1, 0.15) is 55.2 Å². The van der Waals surface area contributed by atoms with E-state index in [1.165, 1.54) is 6.42 Å². The van der Waals surface area contributed by atoms with Crippen LogP contribution in [0.25, 0.3) is 0 Å². The third-order valence-electron chi connectivity index (χ3n) is 4.55. The number of carbonyl (C=O) groups excluding carboxylic acids is 1. The number of aromatic nitrogens is 2. The topological polar surface area (TPSA) is 67.3 Å². The summed E-state index contributed by atoms with van der Waals surface area (Å²) >= 11 is 0. The van der Waals surface area contributed by atoms with Crippen molar-refractivity contribution in [3.05, 3.63) is 41.7 Å². The highest BCUT2D eigenvalue weighted by atomic mass is 16.5. The van der Waals surface area contributed by atoms with Gasteiger partial charge in [-0.1, -0.05) is 13.8 Å². The normalized spacial score (nSPS) is 14.4. The lowest BCUT2D eigenvalue weighted by Crippen LogP contribution is -2.32. The minimum atomic E-state index is -0.224. The number of amides is 1. The average Bonchev–Trinajstić information content (AvgIpc) is 2.68. The third kappa shape index (κ3) is 4.31. The van der Waals surface area contributed by atoms with Crippen molar-refractivity contribution in [2.45, 2.75) is 39.0 Å². The van der Waals surface area contributed by atoms with Gasteiger partial charge in [0.1, 0.15) is 11.4 Å². The van der Waals surface area contributed by atoms with E-state index < -0.39 is 0 Å². The van der Waals surface area contributed by atoms with Gasteiger partial charge in [0.2, 0.25) is 5.95 Å². The van der Waals surface area contributed by atoms with Crippen LogP contribution < -0.4 is 15.0 Å². The molecule has 138 valence electrons. The lowest BCUT2D eigenvalue weighted by Gasteiger charge is -2.27. The Bertz CT molecular complexity index is 753. The van der Waals surface area contributed by atoms with Gasteiger partial charge in [-0.25, -0.2) is 9.97 Å². The summed E-state index contributed by atoms with van der Waals surface area (Å²) in [7, 11) is 1.62. The van der Waals surface area contributed by atoms with Gasteiger partial charge in [0.25, 0.3) is 5.91 Å². The van der Waals surface area contributed by atoms with Gasteiger partial charge in [0.15, 0.2) is 0 Å². The Balaban J connectivity index is 1.84. The van der Waals surface area contributed by atoms with Crippen LogP contribution in [0, 0.1) is 0 Å². The first-order valence-corrected chi connectivity index (χ1v) is 9.16. The molecule has 2 aromatic rings. The quantitative estimate of drug-likeness (QED) is 0.883. The number of nitrogens with zero attached hydrogens (tertiary/aromatic N) is 3. The van der Waals surface area contributed by atoms with Crippen molar-refractivity contribution >= 4 is 17.5 Å². The molecule has 0 atom stereocenters. The average molecular weight is 354 g/mol. The molecule has 26 heavy (non-hydrogen) atoms. The molecule has 1 saturated heterocycles. The van der Waals surface area contributed by atoms with Crippen LogP contribution in [0.3, 0.4) is 0 Å². The standard InChI is InChI=1S/C20H26N4O2/c1-14(2)17-13-18(23-20(22-17)24-11-5-4-6-12-24)19(25)21-15-7-9-16(26-3)10-8-15/h7-10,13-14H,4-6,11-12H2,1-3H3,(H,21,25). The SMILES string of the molecule is COc1ccc(NC(=O)c2cc(C(C)C)nc(N3CCCCC3)n2)cc1. The van der Waals surface area contributed by atoms with E-state index in [1.54, 1.807) is 13.2 Å². The number of hydrogen-bond donors (Lipinski definition) is 1. The van der Waals surface area contributed by atoms with E-state index in [9.17, 15) is 4.79 Å². The molecule has 2 heterocycles. The Morgan fingerprint density at radius 3 is 2.42 bits per heavy atom. The van der Waals surface area contributed by atoms with E-state index in [4.69, 9.17) is 4.74 Å². The van der Waals surface area contributed by atoms with Crippen molar-refractivity contribution in [2.24, 2.45) is 0 Å². The highest BCUT2D eigenvalue weighted by Gasteiger charge is 2.19. The second kappa shape index (κ2) is 8.17. The predicted molar refractivity (Wildman–Crippen MR) is 103 cm³/mol. The second-order valence-corrected chi connectivity index (χ2v) is 6.86. The van der Waals surface area contributed by atoms with Gasteiger partial charge in [-0.15, -0.1) is 0 Å². The van der Waals surface area contributed by atoms with Crippen molar-refractivity contribution in [3.63, 3.8) is 0 Å². The zero-order chi connectivity index (χ0) is 18.5. The summed E-state index contributed by atoms with van der Waals surface area (Å²) in [6, 6.07) is 9.04. The Morgan fingerprint density at radius 1 is 1.12 bits per heavy atom. The van der Waals surface area contributed by atoms with E-state index in [0.717, 1.165) is 37.4 Å². The second-order valence-electron chi connectivity index (χ2n) is 6.86. The van der Waals surface area contributed by atoms with Crippen molar-refractivity contribution in [1.82, 2.24) is 9.97 Å². The Kier molecular flexibility index (Phi) is 5.71. The van der Waals surface area contributed by atoms with E-state index in [2.05, 4.69) is 34.0 Å². The van der Waals surface area contributed by atoms with Gasteiger partial charge in [-0.05, 0) is 55.5 Å². The summed E-state index contributed by atoms with van der Waals surface area (Å²) in [4.78, 5) is 24.1. The number of rotatable bonds is 5. The molecule has 3 rings (SSSR count). The minimum Gasteiger partial charge on any atom is -0.497 e. The molecule has 6 heteroatoms. The molecular formula is C20H26N4O2. The van der Waals surface area contributed by atoms with E-state index in [1.807, 2.05) is 24.3 Å². The first-order chi connectivity index (χ1) is 12.6. The van der Waals surface area contributed by atoms with Crippen LogP contribution in [0.4, 0.5) is 11.6 Å². The first-order valence-electron chi connectivity index (χ1n) is 9.16. The molecule has 0 saturated carbocycles. The fourth-order valence-corrected chi connectivity index (χ4v) is 2.97. The Hall–Kier alpha value is -2.63. The van der Waals surface area contributed by atoms with E-state index in [0.29, 0.717) is 17.3 Å². The van der Waals surface area contributed by atoms with Crippen LogP contribution in [0.2, 0.25) is 0 Å². The van der Waals surface area contributed by atoms with Gasteiger partial charge < -0.3 is 15.0 Å². The van der Waals surface area contributed by atoms with Crippen molar-refractivity contribution in [3.8, 4) is 5.75 Å². The molecule has 1 aliphatic rings. The zero-order valence-corrected chi connectivity index (χ0v) is 15.7. The summed E-state index contributed by atoms with van der Waals surface area (Å²) < 4.78 is 5.14. The molecule has 1 aromatic heterocycles. The number of anilines is 2. The lowest BCUT2D eigenvalue weighted by atomic mass is 10.1. The number of nitrogens with one attached hydrogen (secondary N) is 1. The number of hydrogen-bond acceptors (Lipinski definition) is 5. The number of carbonyl (C=O) groups is 1. The van der Waals surface area contributed by atoms with E-state index >= 15 is 0 Å². The molecular weight excluding hydrogens is 328 g/mol. The largest absolute Gasteiger partial charge is 0.497 e.